The van der Waals surface area contributed by atoms with Crippen molar-refractivity contribution < 1.29 is 13.9 Å². The Morgan fingerprint density at radius 2 is 1.39 bits per heavy atom. The zero-order valence-corrected chi connectivity index (χ0v) is 12.7. The average Bonchev–Trinajstić information content (AvgIpc) is 2.55. The van der Waals surface area contributed by atoms with Gasteiger partial charge in [-0.1, -0.05) is 24.3 Å². The summed E-state index contributed by atoms with van der Waals surface area (Å²) in [6, 6.07) is 12.0. The maximum absolute atomic E-state index is 12.9. The minimum absolute atomic E-state index is 0.293. The van der Waals surface area contributed by atoms with Crippen LogP contribution >= 0.6 is 0 Å². The van der Waals surface area contributed by atoms with Crippen LogP contribution in [0, 0.1) is 11.6 Å². The summed E-state index contributed by atoms with van der Waals surface area (Å²) in [6.07, 6.45) is -0.602. The molecule has 2 atom stereocenters. The van der Waals surface area contributed by atoms with Gasteiger partial charge in [0.2, 0.25) is 0 Å². The molecule has 0 aromatic heterocycles. The van der Waals surface area contributed by atoms with Gasteiger partial charge in [0.25, 0.3) is 0 Å². The topological polar surface area (TPSA) is 75.5 Å². The zero-order chi connectivity index (χ0) is 16.8. The fourth-order valence-corrected chi connectivity index (χ4v) is 2.26. The van der Waals surface area contributed by atoms with Crippen LogP contribution in [0.15, 0.2) is 48.5 Å². The molecule has 0 aliphatic carbocycles. The molecule has 0 bridgehead atoms. The summed E-state index contributed by atoms with van der Waals surface area (Å²) in [6.45, 7) is 0.301. The Bertz CT molecular complexity index is 604. The summed E-state index contributed by atoms with van der Waals surface area (Å²) >= 11 is 0. The molecule has 2 rings (SSSR count). The third-order valence-electron chi connectivity index (χ3n) is 3.70. The largest absolute Gasteiger partial charge is 0.390 e. The number of hydrogen-bond donors (Lipinski definition) is 3. The highest BCUT2D eigenvalue weighted by Crippen LogP contribution is 2.11. The highest BCUT2D eigenvalue weighted by atomic mass is 19.1. The Kier molecular flexibility index (Phi) is 6.18. The van der Waals surface area contributed by atoms with Crippen LogP contribution in [0.25, 0.3) is 0 Å². The number of aliphatic hydroxyl groups excluding tert-OH is 1. The number of hydrogen-bond acceptors (Lipinski definition) is 4. The lowest BCUT2D eigenvalue weighted by atomic mass is 10.0. The fourth-order valence-electron chi connectivity index (χ4n) is 2.26. The van der Waals surface area contributed by atoms with Gasteiger partial charge >= 0.3 is 0 Å². The number of hydrazine groups is 1. The van der Waals surface area contributed by atoms with Crippen molar-refractivity contribution in [3.8, 4) is 0 Å². The fraction of sp³-hybridized carbons (Fsp3) is 0.294. The quantitative estimate of drug-likeness (QED) is 0.414. The maximum atomic E-state index is 12.9. The van der Waals surface area contributed by atoms with Crippen molar-refractivity contribution in [3.05, 3.63) is 71.3 Å². The zero-order valence-electron chi connectivity index (χ0n) is 12.7. The van der Waals surface area contributed by atoms with E-state index in [1.54, 1.807) is 24.3 Å². The maximum Gasteiger partial charge on any atom is 0.123 e. The van der Waals surface area contributed by atoms with Gasteiger partial charge in [-0.2, -0.15) is 0 Å². The Labute approximate surface area is 134 Å². The van der Waals surface area contributed by atoms with Crippen LogP contribution in [0.2, 0.25) is 0 Å². The van der Waals surface area contributed by atoms with Crippen LogP contribution in [0.4, 0.5) is 8.78 Å². The molecule has 6 heteroatoms. The Balaban J connectivity index is 1.84. The van der Waals surface area contributed by atoms with Gasteiger partial charge in [0.15, 0.2) is 0 Å². The first-order valence-corrected chi connectivity index (χ1v) is 7.39. The van der Waals surface area contributed by atoms with Crippen LogP contribution in [0.1, 0.15) is 17.5 Å². The number of nitrogens with zero attached hydrogens (tertiary/aromatic N) is 1. The minimum atomic E-state index is -0.828. The number of rotatable bonds is 7. The second-order valence-corrected chi connectivity index (χ2v) is 5.52. The van der Waals surface area contributed by atoms with E-state index >= 15 is 0 Å². The molecule has 0 radical (unpaired) electrons. The number of nitrogens with two attached hydrogens (primary N) is 2. The molecule has 0 unspecified atom stereocenters. The Morgan fingerprint density at radius 3 is 1.91 bits per heavy atom. The number of benzene rings is 2. The molecule has 0 amide bonds. The van der Waals surface area contributed by atoms with Gasteiger partial charge in [-0.15, -0.1) is 0 Å². The van der Waals surface area contributed by atoms with Crippen molar-refractivity contribution in [3.63, 3.8) is 0 Å². The van der Waals surface area contributed by atoms with Gasteiger partial charge in [0.05, 0.1) is 12.3 Å². The van der Waals surface area contributed by atoms with Crippen molar-refractivity contribution in [2.45, 2.75) is 31.7 Å². The Morgan fingerprint density at radius 1 is 0.913 bits per heavy atom. The van der Waals surface area contributed by atoms with Crippen LogP contribution in [-0.4, -0.2) is 22.4 Å². The van der Waals surface area contributed by atoms with Crippen LogP contribution in [0.5, 0.6) is 0 Å². The van der Waals surface area contributed by atoms with Gasteiger partial charge in [-0.3, -0.25) is 5.84 Å². The summed E-state index contributed by atoms with van der Waals surface area (Å²) in [5.41, 5.74) is 7.66. The lowest BCUT2D eigenvalue weighted by Gasteiger charge is -2.28. The molecule has 2 aromatic carbocycles. The number of aliphatic hydroxyl groups is 1. The molecular weight excluding hydrogens is 300 g/mol. The van der Waals surface area contributed by atoms with Crippen molar-refractivity contribution in [1.29, 1.82) is 0 Å². The summed E-state index contributed by atoms with van der Waals surface area (Å²) < 4.78 is 25.7. The van der Waals surface area contributed by atoms with E-state index in [-0.39, 0.29) is 11.6 Å². The smallest absolute Gasteiger partial charge is 0.123 e. The average molecular weight is 321 g/mol. The number of aryl methyl sites for hydroxylation is 1. The van der Waals surface area contributed by atoms with E-state index in [1.165, 1.54) is 29.3 Å². The summed E-state index contributed by atoms with van der Waals surface area (Å²) in [5, 5.41) is 11.5. The highest BCUT2D eigenvalue weighted by molar-refractivity contribution is 5.17. The minimum Gasteiger partial charge on any atom is -0.390 e. The molecule has 0 fully saturated rings. The van der Waals surface area contributed by atoms with E-state index in [0.717, 1.165) is 11.1 Å². The van der Waals surface area contributed by atoms with E-state index in [9.17, 15) is 13.9 Å². The van der Waals surface area contributed by atoms with Gasteiger partial charge < -0.3 is 10.8 Å². The molecule has 2 aromatic rings. The second-order valence-electron chi connectivity index (χ2n) is 5.52. The molecule has 0 aliphatic heterocycles. The second kappa shape index (κ2) is 8.12. The lowest BCUT2D eigenvalue weighted by Crippen LogP contribution is -2.53. The molecule has 0 spiro atoms. The SMILES string of the molecule is N[C@H]([C@@H](O)CCc1ccc(F)cc1)N(N)Cc1ccc(F)cc1. The van der Waals surface area contributed by atoms with Gasteiger partial charge in [0.1, 0.15) is 11.6 Å². The number of halogens is 2. The predicted molar refractivity (Wildman–Crippen MR) is 84.8 cm³/mol. The first-order chi connectivity index (χ1) is 11.0. The van der Waals surface area contributed by atoms with E-state index < -0.39 is 12.3 Å². The van der Waals surface area contributed by atoms with E-state index in [1.807, 2.05) is 0 Å². The van der Waals surface area contributed by atoms with Gasteiger partial charge in [-0.05, 0) is 48.2 Å². The van der Waals surface area contributed by atoms with Crippen molar-refractivity contribution >= 4 is 0 Å². The molecule has 5 N–H and O–H groups in total. The molecule has 0 saturated heterocycles. The third kappa shape index (κ3) is 5.37. The molecule has 0 aliphatic rings. The van der Waals surface area contributed by atoms with Crippen molar-refractivity contribution in [2.24, 2.45) is 11.6 Å². The van der Waals surface area contributed by atoms with E-state index in [0.29, 0.717) is 19.4 Å². The van der Waals surface area contributed by atoms with Gasteiger partial charge in [-0.25, -0.2) is 13.8 Å². The van der Waals surface area contributed by atoms with Gasteiger partial charge in [0, 0.05) is 6.54 Å². The molecule has 0 heterocycles. The molecule has 23 heavy (non-hydrogen) atoms. The summed E-state index contributed by atoms with van der Waals surface area (Å²) in [5.74, 6) is 5.27. The normalized spacial score (nSPS) is 14.0. The third-order valence-corrected chi connectivity index (χ3v) is 3.70. The first kappa shape index (κ1) is 17.5. The van der Waals surface area contributed by atoms with E-state index in [4.69, 9.17) is 11.6 Å². The summed E-state index contributed by atoms with van der Waals surface area (Å²) in [7, 11) is 0. The lowest BCUT2D eigenvalue weighted by molar-refractivity contribution is 0.0418. The van der Waals surface area contributed by atoms with E-state index in [2.05, 4.69) is 0 Å². The Hall–Kier alpha value is -1.86. The summed E-state index contributed by atoms with van der Waals surface area (Å²) in [4.78, 5) is 0. The monoisotopic (exact) mass is 321 g/mol. The van der Waals surface area contributed by atoms with Crippen LogP contribution in [-0.2, 0) is 13.0 Å². The first-order valence-electron chi connectivity index (χ1n) is 7.39. The molecular formula is C17H21F2N3O. The molecule has 0 saturated carbocycles. The molecule has 4 nitrogen and oxygen atoms in total. The predicted octanol–water partition coefficient (Wildman–Crippen LogP) is 1.92. The van der Waals surface area contributed by atoms with Crippen molar-refractivity contribution in [1.82, 2.24) is 5.01 Å². The standard InChI is InChI=1S/C17H21F2N3O/c18-14-6-1-12(2-7-14)5-10-16(23)17(20)22(21)11-13-3-8-15(19)9-4-13/h1-4,6-9,16-17,23H,5,10-11,20-21H2/t16-,17-/m0/s1. The van der Waals surface area contributed by atoms with Crippen LogP contribution < -0.4 is 11.6 Å². The highest BCUT2D eigenvalue weighted by Gasteiger charge is 2.20. The van der Waals surface area contributed by atoms with Crippen LogP contribution in [0.3, 0.4) is 0 Å². The van der Waals surface area contributed by atoms with Crippen molar-refractivity contribution in [2.75, 3.05) is 0 Å². The molecule has 124 valence electrons.